The molecule has 1 aromatic carbocycles. The number of aliphatic hydroxyl groups is 2. The van der Waals surface area contributed by atoms with E-state index in [0.29, 0.717) is 15.1 Å². The van der Waals surface area contributed by atoms with Crippen molar-refractivity contribution in [3.8, 4) is 0 Å². The average molecular weight is 321 g/mol. The molecule has 92 valence electrons. The van der Waals surface area contributed by atoms with E-state index in [1.807, 2.05) is 0 Å². The van der Waals surface area contributed by atoms with Gasteiger partial charge in [0.05, 0.1) is 6.10 Å². The first-order chi connectivity index (χ1) is 8.06. The number of hydrogen-bond donors (Lipinski definition) is 2. The van der Waals surface area contributed by atoms with Crippen LogP contribution in [-0.4, -0.2) is 22.9 Å². The van der Waals surface area contributed by atoms with Gasteiger partial charge in [0.1, 0.15) is 6.10 Å². The number of aliphatic hydroxyl groups excluding tert-OH is 2. The minimum absolute atomic E-state index is 0.132. The summed E-state index contributed by atoms with van der Waals surface area (Å²) < 4.78 is 0.664. The quantitative estimate of drug-likeness (QED) is 0.495. The van der Waals surface area contributed by atoms with Gasteiger partial charge in [0.2, 0.25) is 0 Å². The highest BCUT2D eigenvalue weighted by molar-refractivity contribution is 9.10. The van der Waals surface area contributed by atoms with E-state index in [4.69, 9.17) is 17.1 Å². The van der Waals surface area contributed by atoms with Crippen LogP contribution in [0.4, 0.5) is 0 Å². The van der Waals surface area contributed by atoms with Gasteiger partial charge in [-0.05, 0) is 35.7 Å². The molecule has 0 amide bonds. The topological polar surface area (TPSA) is 89.2 Å². The summed E-state index contributed by atoms with van der Waals surface area (Å²) in [6.07, 6.45) is -1.89. The Morgan fingerprint density at radius 3 is 2.82 bits per heavy atom. The van der Waals surface area contributed by atoms with Crippen LogP contribution >= 0.6 is 27.5 Å². The summed E-state index contributed by atoms with van der Waals surface area (Å²) in [4.78, 5) is 2.57. The van der Waals surface area contributed by atoms with Crippen LogP contribution in [0.5, 0.6) is 0 Å². The lowest BCUT2D eigenvalue weighted by molar-refractivity contribution is 0.0146. The van der Waals surface area contributed by atoms with Crippen LogP contribution < -0.4 is 0 Å². The third-order valence-electron chi connectivity index (χ3n) is 2.23. The van der Waals surface area contributed by atoms with Crippen LogP contribution in [-0.2, 0) is 0 Å². The maximum Gasteiger partial charge on any atom is 0.106 e. The van der Waals surface area contributed by atoms with Crippen LogP contribution in [0.25, 0.3) is 10.4 Å². The predicted molar refractivity (Wildman–Crippen MR) is 68.7 cm³/mol. The average Bonchev–Trinajstić information content (AvgIpc) is 2.31. The number of nitrogens with zero attached hydrogens (tertiary/aromatic N) is 3. The Morgan fingerprint density at radius 2 is 2.18 bits per heavy atom. The summed E-state index contributed by atoms with van der Waals surface area (Å²) in [6, 6.07) is 4.95. The van der Waals surface area contributed by atoms with E-state index >= 15 is 0 Å². The number of benzene rings is 1. The summed E-state index contributed by atoms with van der Waals surface area (Å²) in [5.74, 6) is 0. The normalized spacial score (nSPS) is 13.9. The fourth-order valence-corrected chi connectivity index (χ4v) is 2.00. The van der Waals surface area contributed by atoms with Gasteiger partial charge in [-0.25, -0.2) is 0 Å². The van der Waals surface area contributed by atoms with E-state index in [1.54, 1.807) is 18.2 Å². The lowest BCUT2D eigenvalue weighted by Crippen LogP contribution is -2.19. The minimum atomic E-state index is -1.07. The van der Waals surface area contributed by atoms with Crippen molar-refractivity contribution in [2.75, 3.05) is 6.54 Å². The number of rotatable bonds is 5. The Kier molecular flexibility index (Phi) is 5.74. The number of azide groups is 1. The van der Waals surface area contributed by atoms with Gasteiger partial charge in [-0.2, -0.15) is 0 Å². The monoisotopic (exact) mass is 319 g/mol. The molecule has 2 atom stereocenters. The summed E-state index contributed by atoms with van der Waals surface area (Å²) in [6.45, 7) is 0.132. The third kappa shape index (κ3) is 4.18. The van der Waals surface area contributed by atoms with Crippen molar-refractivity contribution < 1.29 is 10.2 Å². The molecular weight excluding hydrogens is 309 g/mol. The zero-order valence-corrected chi connectivity index (χ0v) is 11.1. The fraction of sp³-hybridized carbons (Fsp3) is 0.400. The molecule has 0 fully saturated rings. The maximum atomic E-state index is 9.92. The van der Waals surface area contributed by atoms with Crippen molar-refractivity contribution in [2.45, 2.75) is 18.6 Å². The highest BCUT2D eigenvalue weighted by Crippen LogP contribution is 2.29. The molecule has 7 heteroatoms. The Bertz CT molecular complexity index is 438. The first-order valence-corrected chi connectivity index (χ1v) is 6.05. The van der Waals surface area contributed by atoms with Gasteiger partial charge in [0.15, 0.2) is 0 Å². The smallest absolute Gasteiger partial charge is 0.106 e. The van der Waals surface area contributed by atoms with Gasteiger partial charge in [-0.3, -0.25) is 0 Å². The lowest BCUT2D eigenvalue weighted by atomic mass is 10.0. The summed E-state index contributed by atoms with van der Waals surface area (Å²) in [5.41, 5.74) is 8.61. The van der Waals surface area contributed by atoms with Gasteiger partial charge in [-0.15, -0.1) is 0 Å². The van der Waals surface area contributed by atoms with Crippen molar-refractivity contribution in [1.29, 1.82) is 0 Å². The van der Waals surface area contributed by atoms with Crippen molar-refractivity contribution in [1.82, 2.24) is 0 Å². The second-order valence-corrected chi connectivity index (χ2v) is 4.71. The molecule has 0 radical (unpaired) electrons. The van der Waals surface area contributed by atoms with E-state index in [-0.39, 0.29) is 13.0 Å². The second kappa shape index (κ2) is 6.83. The Balaban J connectivity index is 2.76. The van der Waals surface area contributed by atoms with Gasteiger partial charge < -0.3 is 10.2 Å². The van der Waals surface area contributed by atoms with Crippen LogP contribution in [0.1, 0.15) is 18.1 Å². The maximum absolute atomic E-state index is 9.92. The van der Waals surface area contributed by atoms with E-state index in [2.05, 4.69) is 26.0 Å². The van der Waals surface area contributed by atoms with E-state index in [9.17, 15) is 10.2 Å². The fourth-order valence-electron chi connectivity index (χ4n) is 1.34. The molecule has 0 spiro atoms. The minimum Gasteiger partial charge on any atom is -0.390 e. The summed E-state index contributed by atoms with van der Waals surface area (Å²) >= 11 is 9.08. The van der Waals surface area contributed by atoms with Crippen molar-refractivity contribution in [2.24, 2.45) is 5.11 Å². The standard InChI is InChI=1S/C10H11BrClN3O2/c11-8-2-1-6(12)5-7(8)10(17)9(16)3-4-14-15-13/h1-2,5,9-10,16-17H,3-4H2. The van der Waals surface area contributed by atoms with Gasteiger partial charge >= 0.3 is 0 Å². The third-order valence-corrected chi connectivity index (χ3v) is 3.19. The number of hydrogen-bond acceptors (Lipinski definition) is 3. The first kappa shape index (κ1) is 14.3. The lowest BCUT2D eigenvalue weighted by Gasteiger charge is -2.18. The zero-order chi connectivity index (χ0) is 12.8. The molecule has 0 aliphatic heterocycles. The molecule has 5 nitrogen and oxygen atoms in total. The van der Waals surface area contributed by atoms with Crippen LogP contribution in [0.3, 0.4) is 0 Å². The van der Waals surface area contributed by atoms with E-state index < -0.39 is 12.2 Å². The predicted octanol–water partition coefficient (Wildman–Crippen LogP) is 3.20. The Morgan fingerprint density at radius 1 is 1.47 bits per heavy atom. The highest BCUT2D eigenvalue weighted by Gasteiger charge is 2.20. The molecule has 0 aliphatic rings. The van der Waals surface area contributed by atoms with E-state index in [0.717, 1.165) is 0 Å². The summed E-state index contributed by atoms with van der Waals surface area (Å²) in [5, 5.41) is 23.4. The molecule has 2 N–H and O–H groups in total. The van der Waals surface area contributed by atoms with Crippen LogP contribution in [0.2, 0.25) is 5.02 Å². The molecule has 0 saturated heterocycles. The van der Waals surface area contributed by atoms with Gasteiger partial charge in [0, 0.05) is 21.0 Å². The molecule has 0 bridgehead atoms. The van der Waals surface area contributed by atoms with Gasteiger partial charge in [-0.1, -0.05) is 32.6 Å². The summed E-state index contributed by atoms with van der Waals surface area (Å²) in [7, 11) is 0. The molecule has 2 unspecified atom stereocenters. The van der Waals surface area contributed by atoms with Crippen LogP contribution in [0.15, 0.2) is 27.8 Å². The van der Waals surface area contributed by atoms with E-state index in [1.165, 1.54) is 0 Å². The molecule has 0 heterocycles. The molecule has 0 aliphatic carbocycles. The van der Waals surface area contributed by atoms with Crippen molar-refractivity contribution >= 4 is 27.5 Å². The molecule has 1 aromatic rings. The number of halogens is 2. The Labute approximate surface area is 112 Å². The van der Waals surface area contributed by atoms with Crippen LogP contribution in [0, 0.1) is 0 Å². The largest absolute Gasteiger partial charge is 0.390 e. The SMILES string of the molecule is [N-]=[N+]=NCCC(O)C(O)c1cc(Cl)ccc1Br. The molecular formula is C10H11BrClN3O2. The molecule has 17 heavy (non-hydrogen) atoms. The molecule has 1 rings (SSSR count). The molecule has 0 saturated carbocycles. The van der Waals surface area contributed by atoms with Crippen molar-refractivity contribution in [3.05, 3.63) is 43.7 Å². The van der Waals surface area contributed by atoms with Crippen molar-refractivity contribution in [3.63, 3.8) is 0 Å². The van der Waals surface area contributed by atoms with Gasteiger partial charge in [0.25, 0.3) is 0 Å². The zero-order valence-electron chi connectivity index (χ0n) is 8.79. The second-order valence-electron chi connectivity index (χ2n) is 3.42. The molecule has 0 aromatic heterocycles. The highest BCUT2D eigenvalue weighted by atomic mass is 79.9. The first-order valence-electron chi connectivity index (χ1n) is 4.88. The Hall–Kier alpha value is -0.780.